The van der Waals surface area contributed by atoms with Crippen molar-refractivity contribution in [1.29, 1.82) is 0 Å². The van der Waals surface area contributed by atoms with Crippen LogP contribution in [0.3, 0.4) is 0 Å². The summed E-state index contributed by atoms with van der Waals surface area (Å²) in [5.74, 6) is 5.10. The Bertz CT molecular complexity index is 164. The van der Waals surface area contributed by atoms with E-state index in [4.69, 9.17) is 5.84 Å². The van der Waals surface area contributed by atoms with Gasteiger partial charge in [0.05, 0.1) is 0 Å². The van der Waals surface area contributed by atoms with Gasteiger partial charge in [-0.05, 0) is 12.2 Å². The Kier molecular flexibility index (Phi) is 6.21. The maximum atomic E-state index is 10.8. The van der Waals surface area contributed by atoms with E-state index in [1.807, 2.05) is 5.43 Å². The molecule has 3 amide bonds. The van der Waals surface area contributed by atoms with Crippen molar-refractivity contribution in [2.45, 2.75) is 12.8 Å². The minimum Gasteiger partial charge on any atom is -0.275 e. The van der Waals surface area contributed by atoms with E-state index in [-0.39, 0.29) is 5.91 Å². The summed E-state index contributed by atoms with van der Waals surface area (Å²) in [4.78, 5) is 21.2. The number of nitrogens with two attached hydrogens (primary N) is 1. The van der Waals surface area contributed by atoms with Crippen LogP contribution in [0.15, 0.2) is 0 Å². The number of nitrogens with one attached hydrogen (secondary N) is 3. The predicted octanol–water partition coefficient (Wildman–Crippen LogP) is -1.10. The topological polar surface area (TPSA) is 96.2 Å². The second-order valence-electron chi connectivity index (χ2n) is 1.97. The second kappa shape index (κ2) is 6.74. The number of urea groups is 1. The molecule has 0 unspecified atom stereocenters. The van der Waals surface area contributed by atoms with Crippen LogP contribution < -0.4 is 22.1 Å². The lowest BCUT2D eigenvalue weighted by atomic mass is 10.3. The van der Waals surface area contributed by atoms with Crippen molar-refractivity contribution in [2.75, 3.05) is 5.75 Å². The molecule has 0 aromatic rings. The van der Waals surface area contributed by atoms with Gasteiger partial charge >= 0.3 is 6.03 Å². The fourth-order valence-electron chi connectivity index (χ4n) is 0.465. The molecule has 0 rings (SSSR count). The van der Waals surface area contributed by atoms with Gasteiger partial charge in [-0.3, -0.25) is 15.6 Å². The van der Waals surface area contributed by atoms with Crippen LogP contribution in [0.1, 0.15) is 12.8 Å². The van der Waals surface area contributed by atoms with Gasteiger partial charge in [-0.15, -0.1) is 0 Å². The average molecular weight is 192 g/mol. The first-order chi connectivity index (χ1) is 5.70. The molecule has 0 spiro atoms. The first-order valence-electron chi connectivity index (χ1n) is 3.37. The molecule has 0 saturated heterocycles. The summed E-state index contributed by atoms with van der Waals surface area (Å²) in [6.07, 6.45) is 0.995. The van der Waals surface area contributed by atoms with Crippen molar-refractivity contribution >= 4 is 24.6 Å². The lowest BCUT2D eigenvalue weighted by molar-refractivity contribution is -0.121. The lowest BCUT2D eigenvalue weighted by Crippen LogP contribution is -2.49. The standard InChI is InChI=1S/C5H12N4O2S/c6-7-5(11)9-8-4(10)2-1-3-12/h12H,1-3,6H2,(H,8,10)(H2,7,9,11). The van der Waals surface area contributed by atoms with Crippen molar-refractivity contribution in [3.8, 4) is 0 Å². The number of hydrogen-bond acceptors (Lipinski definition) is 4. The highest BCUT2D eigenvalue weighted by Gasteiger charge is 2.00. The van der Waals surface area contributed by atoms with Gasteiger partial charge < -0.3 is 0 Å². The molecule has 70 valence electrons. The molecule has 0 fully saturated rings. The number of amides is 3. The van der Waals surface area contributed by atoms with E-state index in [1.165, 1.54) is 0 Å². The molecule has 0 atom stereocenters. The predicted molar refractivity (Wildman–Crippen MR) is 47.1 cm³/mol. The zero-order chi connectivity index (χ0) is 9.40. The zero-order valence-corrected chi connectivity index (χ0v) is 7.36. The van der Waals surface area contributed by atoms with Crippen molar-refractivity contribution in [3.05, 3.63) is 0 Å². The normalized spacial score (nSPS) is 8.83. The highest BCUT2D eigenvalue weighted by atomic mass is 32.1. The van der Waals surface area contributed by atoms with Crippen molar-refractivity contribution in [3.63, 3.8) is 0 Å². The average Bonchev–Trinajstić information content (AvgIpc) is 2.10. The molecule has 0 aliphatic rings. The molecule has 0 radical (unpaired) electrons. The molecule has 0 aliphatic carbocycles. The molecule has 0 aromatic heterocycles. The van der Waals surface area contributed by atoms with E-state index in [9.17, 15) is 9.59 Å². The number of rotatable bonds is 3. The van der Waals surface area contributed by atoms with Crippen LogP contribution in [-0.4, -0.2) is 17.7 Å². The van der Waals surface area contributed by atoms with Gasteiger partial charge in [0.2, 0.25) is 5.91 Å². The molecule has 6 nitrogen and oxygen atoms in total. The van der Waals surface area contributed by atoms with Gasteiger partial charge in [-0.2, -0.15) is 12.6 Å². The molecule has 12 heavy (non-hydrogen) atoms. The van der Waals surface area contributed by atoms with Crippen LogP contribution in [0.5, 0.6) is 0 Å². The zero-order valence-electron chi connectivity index (χ0n) is 6.46. The summed E-state index contributed by atoms with van der Waals surface area (Å²) < 4.78 is 0. The highest BCUT2D eigenvalue weighted by molar-refractivity contribution is 7.80. The maximum absolute atomic E-state index is 10.8. The quantitative estimate of drug-likeness (QED) is 0.170. The van der Waals surface area contributed by atoms with E-state index < -0.39 is 6.03 Å². The minimum atomic E-state index is -0.658. The minimum absolute atomic E-state index is 0.271. The third-order valence-electron chi connectivity index (χ3n) is 1.01. The SMILES string of the molecule is NNC(=O)NNC(=O)CCCS. The van der Waals surface area contributed by atoms with E-state index >= 15 is 0 Å². The van der Waals surface area contributed by atoms with Crippen LogP contribution in [0.4, 0.5) is 4.79 Å². The second-order valence-corrected chi connectivity index (χ2v) is 2.42. The fraction of sp³-hybridized carbons (Fsp3) is 0.600. The third-order valence-corrected chi connectivity index (χ3v) is 1.32. The number of carbonyl (C=O) groups is 2. The van der Waals surface area contributed by atoms with Gasteiger partial charge in [0, 0.05) is 6.42 Å². The Hall–Kier alpha value is -0.950. The van der Waals surface area contributed by atoms with Crippen LogP contribution in [0.25, 0.3) is 0 Å². The number of hydrazine groups is 2. The molecule has 0 heterocycles. The highest BCUT2D eigenvalue weighted by Crippen LogP contribution is 1.89. The molecule has 0 saturated carbocycles. The molecular weight excluding hydrogens is 180 g/mol. The Morgan fingerprint density at radius 1 is 1.33 bits per heavy atom. The Labute approximate surface area is 75.6 Å². The van der Waals surface area contributed by atoms with Crippen molar-refractivity contribution in [2.24, 2.45) is 5.84 Å². The molecule has 0 bridgehead atoms. The van der Waals surface area contributed by atoms with E-state index in [0.29, 0.717) is 18.6 Å². The molecule has 0 aromatic carbocycles. The summed E-state index contributed by atoms with van der Waals surface area (Å²) in [5.41, 5.74) is 5.99. The summed E-state index contributed by atoms with van der Waals surface area (Å²) in [6, 6.07) is -0.658. The molecular formula is C5H12N4O2S. The van der Waals surface area contributed by atoms with Crippen LogP contribution in [0.2, 0.25) is 0 Å². The summed E-state index contributed by atoms with van der Waals surface area (Å²) in [6.45, 7) is 0. The van der Waals surface area contributed by atoms with Gasteiger partial charge in [0.25, 0.3) is 0 Å². The van der Waals surface area contributed by atoms with Crippen LogP contribution in [0, 0.1) is 0 Å². The fourth-order valence-corrected chi connectivity index (χ4v) is 0.623. The van der Waals surface area contributed by atoms with Crippen LogP contribution >= 0.6 is 12.6 Å². The number of thiol groups is 1. The summed E-state index contributed by atoms with van der Waals surface area (Å²) in [7, 11) is 0. The molecule has 7 heteroatoms. The first kappa shape index (κ1) is 11.1. The number of carbonyl (C=O) groups excluding carboxylic acids is 2. The molecule has 5 N–H and O–H groups in total. The van der Waals surface area contributed by atoms with Gasteiger partial charge in [-0.25, -0.2) is 16.1 Å². The first-order valence-corrected chi connectivity index (χ1v) is 4.00. The Morgan fingerprint density at radius 2 is 2.00 bits per heavy atom. The largest absolute Gasteiger partial charge is 0.347 e. The molecule has 0 aliphatic heterocycles. The Balaban J connectivity index is 3.37. The van der Waals surface area contributed by atoms with E-state index in [1.54, 1.807) is 5.43 Å². The van der Waals surface area contributed by atoms with E-state index in [2.05, 4.69) is 18.1 Å². The summed E-state index contributed by atoms with van der Waals surface area (Å²) in [5, 5.41) is 0. The number of hydrogen-bond donors (Lipinski definition) is 5. The van der Waals surface area contributed by atoms with Crippen LogP contribution in [-0.2, 0) is 4.79 Å². The van der Waals surface area contributed by atoms with Crippen molar-refractivity contribution in [1.82, 2.24) is 16.3 Å². The Morgan fingerprint density at radius 3 is 2.50 bits per heavy atom. The maximum Gasteiger partial charge on any atom is 0.347 e. The summed E-state index contributed by atoms with van der Waals surface area (Å²) >= 11 is 3.92. The monoisotopic (exact) mass is 192 g/mol. The smallest absolute Gasteiger partial charge is 0.275 e. The third kappa shape index (κ3) is 5.81. The van der Waals surface area contributed by atoms with Crippen molar-refractivity contribution < 1.29 is 9.59 Å². The van der Waals surface area contributed by atoms with E-state index in [0.717, 1.165) is 0 Å². The lowest BCUT2D eigenvalue weighted by Gasteiger charge is -2.04. The van der Waals surface area contributed by atoms with Gasteiger partial charge in [0.15, 0.2) is 0 Å². The van der Waals surface area contributed by atoms with Gasteiger partial charge in [0.1, 0.15) is 0 Å². The van der Waals surface area contributed by atoms with Gasteiger partial charge in [-0.1, -0.05) is 0 Å².